The average molecular weight is 384 g/mol. The third-order valence-electron chi connectivity index (χ3n) is 4.31. The number of benzene rings is 2. The zero-order valence-corrected chi connectivity index (χ0v) is 15.5. The molecule has 4 rings (SSSR count). The Hall–Kier alpha value is -2.56. The van der Waals surface area contributed by atoms with Gasteiger partial charge in [0.25, 0.3) is 0 Å². The van der Waals surface area contributed by atoms with Gasteiger partial charge in [0.2, 0.25) is 0 Å². The predicted octanol–water partition coefficient (Wildman–Crippen LogP) is 5.52. The summed E-state index contributed by atoms with van der Waals surface area (Å²) in [4.78, 5) is 9.22. The molecule has 0 bridgehead atoms. The van der Waals surface area contributed by atoms with E-state index in [0.717, 1.165) is 33.1 Å². The lowest BCUT2D eigenvalue weighted by Crippen LogP contribution is -2.00. The van der Waals surface area contributed by atoms with Gasteiger partial charge in [-0.15, -0.1) is 0 Å². The van der Waals surface area contributed by atoms with E-state index >= 15 is 0 Å². The van der Waals surface area contributed by atoms with Gasteiger partial charge >= 0.3 is 0 Å². The summed E-state index contributed by atoms with van der Waals surface area (Å²) in [5.41, 5.74) is 3.84. The van der Waals surface area contributed by atoms with Crippen molar-refractivity contribution < 1.29 is 4.84 Å². The molecular formula is C20H15Cl2N3O. The zero-order valence-electron chi connectivity index (χ0n) is 14.0. The number of hydrogen-bond donors (Lipinski definition) is 0. The number of pyridine rings is 1. The number of para-hydroxylation sites is 1. The van der Waals surface area contributed by atoms with Crippen molar-refractivity contribution in [2.24, 2.45) is 5.16 Å². The fourth-order valence-electron chi connectivity index (χ4n) is 3.14. The molecule has 2 aromatic carbocycles. The molecule has 0 atom stereocenters. The van der Waals surface area contributed by atoms with Crippen LogP contribution in [0.2, 0.25) is 10.0 Å². The van der Waals surface area contributed by atoms with Gasteiger partial charge in [-0.25, -0.2) is 0 Å². The molecule has 0 spiro atoms. The van der Waals surface area contributed by atoms with Crippen molar-refractivity contribution in [1.29, 1.82) is 0 Å². The van der Waals surface area contributed by atoms with Gasteiger partial charge in [0.1, 0.15) is 7.11 Å². The molecule has 0 N–H and O–H groups in total. The number of nitrogens with zero attached hydrogens (tertiary/aromatic N) is 3. The summed E-state index contributed by atoms with van der Waals surface area (Å²) in [7, 11) is 1.51. The Bertz CT molecular complexity index is 1130. The molecule has 0 aliphatic rings. The van der Waals surface area contributed by atoms with E-state index in [0.29, 0.717) is 16.6 Å². The first kappa shape index (κ1) is 16.9. The summed E-state index contributed by atoms with van der Waals surface area (Å²) in [6.45, 7) is 0.608. The lowest BCUT2D eigenvalue weighted by molar-refractivity contribution is 0.215. The van der Waals surface area contributed by atoms with Crippen LogP contribution in [0.4, 0.5) is 0 Å². The second kappa shape index (κ2) is 6.98. The van der Waals surface area contributed by atoms with E-state index in [1.54, 1.807) is 12.3 Å². The summed E-state index contributed by atoms with van der Waals surface area (Å²) in [6, 6.07) is 15.8. The van der Waals surface area contributed by atoms with Crippen LogP contribution in [-0.2, 0) is 11.4 Å². The van der Waals surface area contributed by atoms with Gasteiger partial charge in [0, 0.05) is 32.9 Å². The molecule has 130 valence electrons. The lowest BCUT2D eigenvalue weighted by Gasteiger charge is -2.10. The van der Waals surface area contributed by atoms with Crippen molar-refractivity contribution in [2.45, 2.75) is 6.54 Å². The van der Waals surface area contributed by atoms with Crippen LogP contribution in [0.15, 0.2) is 59.9 Å². The SMILES string of the molecule is CO/N=C\c1cc2c3ccccc3n(Cc3cc(Cl)ccc3Cl)c2cn1. The highest BCUT2D eigenvalue weighted by atomic mass is 35.5. The summed E-state index contributed by atoms with van der Waals surface area (Å²) in [5, 5.41) is 7.41. The number of fused-ring (bicyclic) bond motifs is 3. The summed E-state index contributed by atoms with van der Waals surface area (Å²) in [6.07, 6.45) is 3.45. The summed E-state index contributed by atoms with van der Waals surface area (Å²) < 4.78 is 2.20. The van der Waals surface area contributed by atoms with Gasteiger partial charge < -0.3 is 9.40 Å². The maximum Gasteiger partial charge on any atom is 0.106 e. The third-order valence-corrected chi connectivity index (χ3v) is 4.91. The first-order valence-electron chi connectivity index (χ1n) is 8.05. The molecule has 0 aliphatic heterocycles. The first-order valence-corrected chi connectivity index (χ1v) is 8.80. The van der Waals surface area contributed by atoms with Crippen molar-refractivity contribution in [3.63, 3.8) is 0 Å². The normalized spacial score (nSPS) is 11.7. The van der Waals surface area contributed by atoms with Gasteiger partial charge in [-0.05, 0) is 35.9 Å². The van der Waals surface area contributed by atoms with Crippen molar-refractivity contribution in [3.8, 4) is 0 Å². The molecule has 0 saturated heterocycles. The third kappa shape index (κ3) is 3.02. The number of hydrogen-bond acceptors (Lipinski definition) is 3. The van der Waals surface area contributed by atoms with E-state index < -0.39 is 0 Å². The Morgan fingerprint density at radius 3 is 2.77 bits per heavy atom. The molecule has 0 saturated carbocycles. The predicted molar refractivity (Wildman–Crippen MR) is 107 cm³/mol. The highest BCUT2D eigenvalue weighted by molar-refractivity contribution is 6.33. The van der Waals surface area contributed by atoms with Gasteiger partial charge in [-0.2, -0.15) is 0 Å². The molecule has 6 heteroatoms. The molecule has 0 amide bonds. The van der Waals surface area contributed by atoms with Gasteiger partial charge in [-0.1, -0.05) is 46.6 Å². The van der Waals surface area contributed by atoms with Crippen molar-refractivity contribution >= 4 is 51.2 Å². The van der Waals surface area contributed by atoms with Crippen LogP contribution in [0.25, 0.3) is 21.8 Å². The van der Waals surface area contributed by atoms with Gasteiger partial charge in [-0.3, -0.25) is 4.98 Å². The van der Waals surface area contributed by atoms with E-state index in [-0.39, 0.29) is 0 Å². The first-order chi connectivity index (χ1) is 12.7. The summed E-state index contributed by atoms with van der Waals surface area (Å²) >= 11 is 12.5. The Kier molecular flexibility index (Phi) is 4.53. The summed E-state index contributed by atoms with van der Waals surface area (Å²) in [5.74, 6) is 0. The van der Waals surface area contributed by atoms with E-state index in [2.05, 4.69) is 26.8 Å². The number of halogens is 2. The molecule has 0 aliphatic carbocycles. The minimum absolute atomic E-state index is 0.608. The fraction of sp³-hybridized carbons (Fsp3) is 0.100. The van der Waals surface area contributed by atoms with Crippen LogP contribution in [-0.4, -0.2) is 22.9 Å². The number of aromatic nitrogens is 2. The average Bonchev–Trinajstić information content (AvgIpc) is 2.96. The monoisotopic (exact) mass is 383 g/mol. The topological polar surface area (TPSA) is 39.4 Å². The van der Waals surface area contributed by atoms with Gasteiger partial charge in [0.05, 0.1) is 23.6 Å². The quantitative estimate of drug-likeness (QED) is 0.343. The number of oxime groups is 1. The Morgan fingerprint density at radius 1 is 1.08 bits per heavy atom. The molecular weight excluding hydrogens is 369 g/mol. The van der Waals surface area contributed by atoms with Crippen LogP contribution >= 0.6 is 23.2 Å². The minimum atomic E-state index is 0.608. The zero-order chi connectivity index (χ0) is 18.1. The van der Waals surface area contributed by atoms with Crippen LogP contribution in [0, 0.1) is 0 Å². The van der Waals surface area contributed by atoms with E-state index in [1.165, 1.54) is 7.11 Å². The Labute approximate surface area is 160 Å². The van der Waals surface area contributed by atoms with Crippen LogP contribution in [0.5, 0.6) is 0 Å². The standard InChI is InChI=1S/C20H15Cl2N3O/c1-26-24-10-15-9-17-16-4-2-3-5-19(16)25(20(17)11-23-15)12-13-8-14(21)6-7-18(13)22/h2-11H,12H2,1H3/b24-10-. The van der Waals surface area contributed by atoms with E-state index in [9.17, 15) is 0 Å². The molecule has 0 fully saturated rings. The second-order valence-electron chi connectivity index (χ2n) is 5.88. The number of rotatable bonds is 4. The molecule has 0 unspecified atom stereocenters. The van der Waals surface area contributed by atoms with Crippen molar-refractivity contribution in [3.05, 3.63) is 76.0 Å². The van der Waals surface area contributed by atoms with Crippen LogP contribution < -0.4 is 0 Å². The van der Waals surface area contributed by atoms with Crippen LogP contribution in [0.1, 0.15) is 11.3 Å². The van der Waals surface area contributed by atoms with Crippen LogP contribution in [0.3, 0.4) is 0 Å². The minimum Gasteiger partial charge on any atom is -0.399 e. The van der Waals surface area contributed by atoms with E-state index in [1.807, 2.05) is 36.5 Å². The van der Waals surface area contributed by atoms with E-state index in [4.69, 9.17) is 28.0 Å². The fourth-order valence-corrected chi connectivity index (χ4v) is 3.52. The maximum atomic E-state index is 6.38. The molecule has 2 heterocycles. The molecule has 26 heavy (non-hydrogen) atoms. The van der Waals surface area contributed by atoms with Gasteiger partial charge in [0.15, 0.2) is 0 Å². The Morgan fingerprint density at radius 2 is 1.92 bits per heavy atom. The molecule has 4 aromatic rings. The van der Waals surface area contributed by atoms with Crippen molar-refractivity contribution in [2.75, 3.05) is 7.11 Å². The molecule has 4 nitrogen and oxygen atoms in total. The largest absolute Gasteiger partial charge is 0.399 e. The molecule has 0 radical (unpaired) electrons. The highest BCUT2D eigenvalue weighted by Gasteiger charge is 2.13. The highest BCUT2D eigenvalue weighted by Crippen LogP contribution is 2.31. The second-order valence-corrected chi connectivity index (χ2v) is 6.73. The van der Waals surface area contributed by atoms with Crippen molar-refractivity contribution in [1.82, 2.24) is 9.55 Å². The molecule has 2 aromatic heterocycles. The lowest BCUT2D eigenvalue weighted by atomic mass is 10.2. The Balaban J connectivity index is 1.92. The maximum absolute atomic E-state index is 6.38. The smallest absolute Gasteiger partial charge is 0.106 e.